The maximum Gasteiger partial charge on any atom is 0.256 e. The third kappa shape index (κ3) is 3.93. The van der Waals surface area contributed by atoms with E-state index in [0.29, 0.717) is 22.2 Å². The molecule has 0 aliphatic carbocycles. The van der Waals surface area contributed by atoms with E-state index in [4.69, 9.17) is 23.2 Å². The predicted molar refractivity (Wildman–Crippen MR) is 92.1 cm³/mol. The van der Waals surface area contributed by atoms with E-state index in [-0.39, 0.29) is 5.82 Å². The van der Waals surface area contributed by atoms with Crippen molar-refractivity contribution in [2.24, 2.45) is 0 Å². The van der Waals surface area contributed by atoms with Gasteiger partial charge in [-0.1, -0.05) is 35.3 Å². The summed E-state index contributed by atoms with van der Waals surface area (Å²) in [7, 11) is 0. The van der Waals surface area contributed by atoms with Gasteiger partial charge in [-0.25, -0.2) is 4.39 Å². The highest BCUT2D eigenvalue weighted by Crippen LogP contribution is 2.21. The Bertz CT molecular complexity index is 861. The summed E-state index contributed by atoms with van der Waals surface area (Å²) in [6.45, 7) is 0.489. The van der Waals surface area contributed by atoms with Crippen LogP contribution in [0.2, 0.25) is 10.0 Å². The van der Waals surface area contributed by atoms with Crippen molar-refractivity contribution in [2.75, 3.05) is 5.32 Å². The average molecular weight is 364 g/mol. The van der Waals surface area contributed by atoms with Crippen LogP contribution in [-0.4, -0.2) is 15.7 Å². The van der Waals surface area contributed by atoms with E-state index in [1.54, 1.807) is 23.0 Å². The van der Waals surface area contributed by atoms with Gasteiger partial charge in [0.05, 0.1) is 6.54 Å². The number of benzene rings is 2. The lowest BCUT2D eigenvalue weighted by molar-refractivity contribution is 0.102. The Morgan fingerprint density at radius 2 is 1.75 bits per heavy atom. The maximum atomic E-state index is 12.9. The second kappa shape index (κ2) is 7.03. The molecule has 0 fully saturated rings. The molecule has 7 heteroatoms. The number of anilines is 1. The second-order valence-electron chi connectivity index (χ2n) is 5.11. The number of aromatic nitrogens is 2. The van der Waals surface area contributed by atoms with Crippen molar-refractivity contribution in [2.45, 2.75) is 6.54 Å². The molecule has 0 atom stereocenters. The fourth-order valence-corrected chi connectivity index (χ4v) is 2.44. The van der Waals surface area contributed by atoms with Crippen LogP contribution in [0.4, 0.5) is 10.2 Å². The Morgan fingerprint density at radius 3 is 2.42 bits per heavy atom. The van der Waals surface area contributed by atoms with Crippen LogP contribution >= 0.6 is 23.2 Å². The van der Waals surface area contributed by atoms with Crippen LogP contribution in [-0.2, 0) is 6.54 Å². The number of nitrogens with one attached hydrogen (secondary N) is 1. The first-order valence-corrected chi connectivity index (χ1v) is 7.81. The molecule has 3 rings (SSSR count). The molecule has 1 heterocycles. The summed E-state index contributed by atoms with van der Waals surface area (Å²) in [5.41, 5.74) is 1.31. The number of halogens is 3. The standard InChI is InChI=1S/C17H12Cl2FN3O/c18-13-5-1-11(2-6-13)9-23-10-15(19)16(22-23)21-17(24)12-3-7-14(20)8-4-12/h1-8,10H,9H2,(H,21,22,24). The molecule has 3 aromatic rings. The van der Waals surface area contributed by atoms with E-state index in [9.17, 15) is 9.18 Å². The van der Waals surface area contributed by atoms with Gasteiger partial charge in [0.15, 0.2) is 5.82 Å². The Hall–Kier alpha value is -2.37. The molecule has 24 heavy (non-hydrogen) atoms. The fourth-order valence-electron chi connectivity index (χ4n) is 2.12. The maximum absolute atomic E-state index is 12.9. The van der Waals surface area contributed by atoms with Crippen LogP contribution in [0.25, 0.3) is 0 Å². The molecular weight excluding hydrogens is 352 g/mol. The molecule has 0 spiro atoms. The van der Waals surface area contributed by atoms with Crippen LogP contribution < -0.4 is 5.32 Å². The van der Waals surface area contributed by atoms with Crippen molar-refractivity contribution < 1.29 is 9.18 Å². The summed E-state index contributed by atoms with van der Waals surface area (Å²) < 4.78 is 14.5. The number of amides is 1. The largest absolute Gasteiger partial charge is 0.304 e. The van der Waals surface area contributed by atoms with Gasteiger partial charge >= 0.3 is 0 Å². The summed E-state index contributed by atoms with van der Waals surface area (Å²) in [5, 5.41) is 7.85. The van der Waals surface area contributed by atoms with Crippen LogP contribution in [0.1, 0.15) is 15.9 Å². The topological polar surface area (TPSA) is 46.9 Å². The number of rotatable bonds is 4. The van der Waals surface area contributed by atoms with Crippen molar-refractivity contribution >= 4 is 34.9 Å². The van der Waals surface area contributed by atoms with Crippen LogP contribution in [0.3, 0.4) is 0 Å². The number of hydrogen-bond donors (Lipinski definition) is 1. The van der Waals surface area contributed by atoms with Crippen molar-refractivity contribution in [1.82, 2.24) is 9.78 Å². The molecule has 0 aliphatic heterocycles. The van der Waals surface area contributed by atoms with Crippen molar-refractivity contribution in [3.8, 4) is 0 Å². The lowest BCUT2D eigenvalue weighted by atomic mass is 10.2. The zero-order valence-corrected chi connectivity index (χ0v) is 13.9. The zero-order chi connectivity index (χ0) is 17.1. The molecule has 0 bridgehead atoms. The van der Waals surface area contributed by atoms with Gasteiger partial charge in [0.25, 0.3) is 5.91 Å². The fraction of sp³-hybridized carbons (Fsp3) is 0.0588. The molecule has 1 aromatic heterocycles. The van der Waals surface area contributed by atoms with Gasteiger partial charge in [-0.3, -0.25) is 9.48 Å². The summed E-state index contributed by atoms with van der Waals surface area (Å²) in [6, 6.07) is 12.6. The van der Waals surface area contributed by atoms with E-state index < -0.39 is 11.7 Å². The molecule has 0 saturated heterocycles. The monoisotopic (exact) mass is 363 g/mol. The van der Waals surface area contributed by atoms with Gasteiger partial charge in [-0.05, 0) is 42.0 Å². The predicted octanol–water partition coefficient (Wildman–Crippen LogP) is 4.63. The Balaban J connectivity index is 1.72. The van der Waals surface area contributed by atoms with Crippen LogP contribution in [0, 0.1) is 5.82 Å². The highest BCUT2D eigenvalue weighted by Gasteiger charge is 2.12. The van der Waals surface area contributed by atoms with E-state index in [1.165, 1.54) is 24.3 Å². The van der Waals surface area contributed by atoms with Crippen molar-refractivity contribution in [1.29, 1.82) is 0 Å². The lowest BCUT2D eigenvalue weighted by Gasteiger charge is -2.03. The Labute approximate surface area is 147 Å². The molecule has 0 saturated carbocycles. The second-order valence-corrected chi connectivity index (χ2v) is 5.95. The van der Waals surface area contributed by atoms with Crippen LogP contribution in [0.15, 0.2) is 54.7 Å². The summed E-state index contributed by atoms with van der Waals surface area (Å²) in [6.07, 6.45) is 1.62. The minimum Gasteiger partial charge on any atom is -0.304 e. The van der Waals surface area contributed by atoms with Crippen LogP contribution in [0.5, 0.6) is 0 Å². The molecule has 0 aliphatic rings. The molecule has 4 nitrogen and oxygen atoms in total. The Morgan fingerprint density at radius 1 is 1.08 bits per heavy atom. The quantitative estimate of drug-likeness (QED) is 0.734. The minimum atomic E-state index is -0.409. The molecular formula is C17H12Cl2FN3O. The molecule has 1 N–H and O–H groups in total. The van der Waals surface area contributed by atoms with E-state index in [1.807, 2.05) is 12.1 Å². The summed E-state index contributed by atoms with van der Waals surface area (Å²) in [4.78, 5) is 12.1. The van der Waals surface area contributed by atoms with Gasteiger partial charge < -0.3 is 5.32 Å². The zero-order valence-electron chi connectivity index (χ0n) is 12.3. The number of nitrogens with zero attached hydrogens (tertiary/aromatic N) is 2. The van der Waals surface area contributed by atoms with Crippen molar-refractivity contribution in [3.63, 3.8) is 0 Å². The minimum absolute atomic E-state index is 0.250. The average Bonchev–Trinajstić information content (AvgIpc) is 2.89. The van der Waals surface area contributed by atoms with E-state index >= 15 is 0 Å². The molecule has 0 unspecified atom stereocenters. The van der Waals surface area contributed by atoms with Gasteiger partial charge in [0.1, 0.15) is 10.8 Å². The summed E-state index contributed by atoms with van der Waals surface area (Å²) in [5.74, 6) is -0.564. The third-order valence-corrected chi connectivity index (χ3v) is 3.84. The molecule has 0 radical (unpaired) electrons. The molecule has 2 aromatic carbocycles. The van der Waals surface area contributed by atoms with Gasteiger partial charge in [-0.2, -0.15) is 5.10 Å². The van der Waals surface area contributed by atoms with Gasteiger partial charge in [0.2, 0.25) is 0 Å². The molecule has 122 valence electrons. The van der Waals surface area contributed by atoms with E-state index in [2.05, 4.69) is 10.4 Å². The SMILES string of the molecule is O=C(Nc1nn(Cc2ccc(Cl)cc2)cc1Cl)c1ccc(F)cc1. The smallest absolute Gasteiger partial charge is 0.256 e. The van der Waals surface area contributed by atoms with E-state index in [0.717, 1.165) is 5.56 Å². The third-order valence-electron chi connectivity index (χ3n) is 3.31. The number of carbonyl (C=O) groups excluding carboxylic acids is 1. The summed E-state index contributed by atoms with van der Waals surface area (Å²) >= 11 is 12.0. The number of hydrogen-bond acceptors (Lipinski definition) is 2. The highest BCUT2D eigenvalue weighted by atomic mass is 35.5. The normalized spacial score (nSPS) is 10.6. The van der Waals surface area contributed by atoms with Gasteiger partial charge in [0, 0.05) is 16.8 Å². The van der Waals surface area contributed by atoms with Crippen molar-refractivity contribution in [3.05, 3.63) is 81.7 Å². The highest BCUT2D eigenvalue weighted by molar-refractivity contribution is 6.33. The first kappa shape index (κ1) is 16.5. The first-order valence-electron chi connectivity index (χ1n) is 7.05. The number of carbonyl (C=O) groups is 1. The van der Waals surface area contributed by atoms with Gasteiger partial charge in [-0.15, -0.1) is 0 Å². The Kier molecular flexibility index (Phi) is 4.83. The molecule has 1 amide bonds. The lowest BCUT2D eigenvalue weighted by Crippen LogP contribution is -2.13. The first-order chi connectivity index (χ1) is 11.5.